The van der Waals surface area contributed by atoms with Crippen LogP contribution in [0.1, 0.15) is 32.1 Å². The van der Waals surface area contributed by atoms with E-state index in [1.165, 1.54) is 12.8 Å². The molecule has 1 amide bonds. The molecule has 0 aromatic carbocycles. The van der Waals surface area contributed by atoms with E-state index >= 15 is 0 Å². The van der Waals surface area contributed by atoms with Gasteiger partial charge in [-0.15, -0.1) is 0 Å². The lowest BCUT2D eigenvalue weighted by Crippen LogP contribution is -2.39. The van der Waals surface area contributed by atoms with E-state index in [2.05, 4.69) is 17.3 Å². The van der Waals surface area contributed by atoms with Crippen LogP contribution in [0, 0.1) is 11.3 Å². The van der Waals surface area contributed by atoms with Gasteiger partial charge in [-0.25, -0.2) is 0 Å². The molecule has 0 spiro atoms. The Bertz CT molecular complexity index is 339. The summed E-state index contributed by atoms with van der Waals surface area (Å²) in [7, 11) is 2.12. The number of carboxylic acid groups (broad SMARTS) is 1. The van der Waals surface area contributed by atoms with Crippen LogP contribution in [0.25, 0.3) is 0 Å². The van der Waals surface area contributed by atoms with Crippen molar-refractivity contribution in [1.82, 2.24) is 10.2 Å². The molecule has 0 aromatic heterocycles. The third kappa shape index (κ3) is 2.83. The van der Waals surface area contributed by atoms with Crippen LogP contribution >= 0.6 is 0 Å². The Labute approximate surface area is 108 Å². The number of amides is 1. The van der Waals surface area contributed by atoms with Crippen molar-refractivity contribution in [2.24, 2.45) is 11.3 Å². The Kier molecular flexibility index (Phi) is 3.90. The second-order valence-electron chi connectivity index (χ2n) is 5.70. The molecular weight excluding hydrogens is 232 g/mol. The topological polar surface area (TPSA) is 69.6 Å². The van der Waals surface area contributed by atoms with E-state index in [0.717, 1.165) is 19.5 Å². The molecule has 0 bridgehead atoms. The zero-order chi connectivity index (χ0) is 13.2. The van der Waals surface area contributed by atoms with E-state index < -0.39 is 11.4 Å². The summed E-state index contributed by atoms with van der Waals surface area (Å²) in [6.07, 6.45) is 4.35. The Balaban J connectivity index is 1.69. The van der Waals surface area contributed by atoms with Crippen LogP contribution in [0.3, 0.4) is 0 Å². The Hall–Kier alpha value is -1.10. The molecule has 1 unspecified atom stereocenters. The quantitative estimate of drug-likeness (QED) is 0.709. The Morgan fingerprint density at radius 3 is 2.72 bits per heavy atom. The molecule has 1 aliphatic carbocycles. The van der Waals surface area contributed by atoms with E-state index in [-0.39, 0.29) is 5.91 Å². The second kappa shape index (κ2) is 5.26. The molecule has 2 rings (SSSR count). The van der Waals surface area contributed by atoms with Crippen molar-refractivity contribution < 1.29 is 14.7 Å². The normalized spacial score (nSPS) is 26.6. The van der Waals surface area contributed by atoms with Crippen LogP contribution in [-0.4, -0.2) is 48.6 Å². The number of piperidine rings is 1. The summed E-state index contributed by atoms with van der Waals surface area (Å²) >= 11 is 0. The lowest BCUT2D eigenvalue weighted by molar-refractivity contribution is -0.149. The summed E-state index contributed by atoms with van der Waals surface area (Å²) in [5.74, 6) is -0.638. The van der Waals surface area contributed by atoms with Gasteiger partial charge in [0.15, 0.2) is 0 Å². The number of carbonyl (C=O) groups excluding carboxylic acids is 1. The van der Waals surface area contributed by atoms with Crippen molar-refractivity contribution in [2.75, 3.05) is 26.7 Å². The minimum atomic E-state index is -1.09. The number of hydrogen-bond acceptors (Lipinski definition) is 3. The van der Waals surface area contributed by atoms with Gasteiger partial charge in [0.05, 0.1) is 0 Å². The predicted molar refractivity (Wildman–Crippen MR) is 67.2 cm³/mol. The van der Waals surface area contributed by atoms with Gasteiger partial charge in [0, 0.05) is 13.1 Å². The summed E-state index contributed by atoms with van der Waals surface area (Å²) < 4.78 is 0. The van der Waals surface area contributed by atoms with Gasteiger partial charge in [0.25, 0.3) is 0 Å². The average Bonchev–Trinajstić information content (AvgIpc) is 3.10. The van der Waals surface area contributed by atoms with E-state index in [9.17, 15) is 9.59 Å². The molecule has 102 valence electrons. The largest absolute Gasteiger partial charge is 0.480 e. The number of carboxylic acids is 1. The van der Waals surface area contributed by atoms with Crippen LogP contribution in [0.15, 0.2) is 0 Å². The maximum Gasteiger partial charge on any atom is 0.319 e. The molecule has 2 N–H and O–H groups in total. The minimum absolute atomic E-state index is 0.292. The molecule has 1 saturated carbocycles. The third-order valence-electron chi connectivity index (χ3n) is 4.15. The lowest BCUT2D eigenvalue weighted by atomic mass is 9.95. The van der Waals surface area contributed by atoms with E-state index in [1.807, 2.05) is 0 Å². The fourth-order valence-electron chi connectivity index (χ4n) is 2.73. The molecule has 2 aliphatic rings. The zero-order valence-corrected chi connectivity index (χ0v) is 10.9. The predicted octanol–water partition coefficient (Wildman–Crippen LogP) is 0.699. The van der Waals surface area contributed by atoms with E-state index in [1.54, 1.807) is 0 Å². The van der Waals surface area contributed by atoms with Crippen LogP contribution < -0.4 is 5.32 Å². The van der Waals surface area contributed by atoms with Crippen molar-refractivity contribution >= 4 is 11.9 Å². The molecule has 1 saturated heterocycles. The van der Waals surface area contributed by atoms with Gasteiger partial charge in [-0.2, -0.15) is 0 Å². The van der Waals surface area contributed by atoms with Gasteiger partial charge < -0.3 is 15.3 Å². The van der Waals surface area contributed by atoms with E-state index in [0.29, 0.717) is 25.3 Å². The van der Waals surface area contributed by atoms with Gasteiger partial charge in [-0.1, -0.05) is 0 Å². The summed E-state index contributed by atoms with van der Waals surface area (Å²) in [5, 5.41) is 11.8. The lowest BCUT2D eigenvalue weighted by Gasteiger charge is -2.29. The highest BCUT2D eigenvalue weighted by molar-refractivity contribution is 6.04. The number of carbonyl (C=O) groups is 2. The summed E-state index contributed by atoms with van der Waals surface area (Å²) in [4.78, 5) is 25.1. The van der Waals surface area contributed by atoms with Gasteiger partial charge in [0.1, 0.15) is 5.41 Å². The standard InChI is InChI=1S/C13H22N2O3/c1-15-8-2-3-10(9-15)4-7-14-11(16)13(5-6-13)12(17)18/h10H,2-9H2,1H3,(H,14,16)(H,17,18). The summed E-state index contributed by atoms with van der Waals surface area (Å²) in [6.45, 7) is 2.84. The summed E-state index contributed by atoms with van der Waals surface area (Å²) in [5.41, 5.74) is -1.09. The molecule has 5 heteroatoms. The molecule has 2 fully saturated rings. The average molecular weight is 254 g/mol. The number of likely N-dealkylation sites (tertiary alicyclic amines) is 1. The molecule has 1 atom stereocenters. The highest BCUT2D eigenvalue weighted by Gasteiger charge is 2.56. The van der Waals surface area contributed by atoms with Crippen LogP contribution in [0.5, 0.6) is 0 Å². The van der Waals surface area contributed by atoms with Crippen LogP contribution in [-0.2, 0) is 9.59 Å². The smallest absolute Gasteiger partial charge is 0.319 e. The van der Waals surface area contributed by atoms with Gasteiger partial charge in [-0.05, 0) is 51.6 Å². The molecule has 1 aliphatic heterocycles. The zero-order valence-electron chi connectivity index (χ0n) is 10.9. The van der Waals surface area contributed by atoms with Gasteiger partial charge in [0.2, 0.25) is 5.91 Å². The minimum Gasteiger partial charge on any atom is -0.480 e. The van der Waals surface area contributed by atoms with Crippen molar-refractivity contribution in [2.45, 2.75) is 32.1 Å². The van der Waals surface area contributed by atoms with Gasteiger partial charge in [-0.3, -0.25) is 9.59 Å². The van der Waals surface area contributed by atoms with Crippen molar-refractivity contribution in [3.8, 4) is 0 Å². The Morgan fingerprint density at radius 2 is 2.17 bits per heavy atom. The first kappa shape index (κ1) is 13.3. The number of rotatable bonds is 5. The number of nitrogens with zero attached hydrogens (tertiary/aromatic N) is 1. The number of nitrogens with one attached hydrogen (secondary N) is 1. The molecule has 18 heavy (non-hydrogen) atoms. The highest BCUT2D eigenvalue weighted by atomic mass is 16.4. The van der Waals surface area contributed by atoms with Crippen molar-refractivity contribution in [3.63, 3.8) is 0 Å². The van der Waals surface area contributed by atoms with Crippen LogP contribution in [0.4, 0.5) is 0 Å². The van der Waals surface area contributed by atoms with Crippen molar-refractivity contribution in [3.05, 3.63) is 0 Å². The fraction of sp³-hybridized carbons (Fsp3) is 0.846. The van der Waals surface area contributed by atoms with Crippen LogP contribution in [0.2, 0.25) is 0 Å². The van der Waals surface area contributed by atoms with E-state index in [4.69, 9.17) is 5.11 Å². The number of aliphatic carboxylic acids is 1. The SMILES string of the molecule is CN1CCCC(CCNC(=O)C2(C(=O)O)CC2)C1. The fourth-order valence-corrected chi connectivity index (χ4v) is 2.73. The molecule has 1 heterocycles. The maximum atomic E-state index is 11.8. The molecular formula is C13H22N2O3. The maximum absolute atomic E-state index is 11.8. The highest BCUT2D eigenvalue weighted by Crippen LogP contribution is 2.46. The molecule has 5 nitrogen and oxygen atoms in total. The summed E-state index contributed by atoms with van der Waals surface area (Å²) in [6, 6.07) is 0. The molecule has 0 radical (unpaired) electrons. The first-order chi connectivity index (χ1) is 8.54. The van der Waals surface area contributed by atoms with Crippen molar-refractivity contribution in [1.29, 1.82) is 0 Å². The molecule has 0 aromatic rings. The second-order valence-corrected chi connectivity index (χ2v) is 5.70. The Morgan fingerprint density at radius 1 is 1.44 bits per heavy atom. The van der Waals surface area contributed by atoms with Gasteiger partial charge >= 0.3 is 5.97 Å². The first-order valence-electron chi connectivity index (χ1n) is 6.75. The number of hydrogen-bond donors (Lipinski definition) is 2. The first-order valence-corrected chi connectivity index (χ1v) is 6.75. The monoisotopic (exact) mass is 254 g/mol. The third-order valence-corrected chi connectivity index (χ3v) is 4.15.